The Morgan fingerprint density at radius 1 is 1.38 bits per heavy atom. The second-order valence-corrected chi connectivity index (χ2v) is 2.69. The maximum absolute atomic E-state index is 5.53. The van der Waals surface area contributed by atoms with Crippen LogP contribution in [-0.2, 0) is 0 Å². The Bertz CT molecular complexity index is 54.5. The molecule has 0 rings (SSSR count). The Hall–Kier alpha value is 0.250. The van der Waals surface area contributed by atoms with Crippen molar-refractivity contribution in [2.75, 3.05) is 5.88 Å². The van der Waals surface area contributed by atoms with Crippen LogP contribution >= 0.6 is 11.6 Å². The van der Waals surface area contributed by atoms with Crippen molar-refractivity contribution in [3.63, 3.8) is 0 Å². The maximum atomic E-state index is 5.53. The van der Waals surface area contributed by atoms with E-state index in [4.69, 9.17) is 11.6 Å². The molecule has 0 bridgehead atoms. The minimum absolute atomic E-state index is 0.441. The lowest BCUT2D eigenvalue weighted by molar-refractivity contribution is 0.521. The van der Waals surface area contributed by atoms with Crippen molar-refractivity contribution in [3.8, 4) is 0 Å². The van der Waals surface area contributed by atoms with Crippen LogP contribution in [0, 0.1) is 0 Å². The molecular weight excluding hydrogens is 122 g/mol. The van der Waals surface area contributed by atoms with Gasteiger partial charge >= 0.3 is 0 Å². The highest BCUT2D eigenvalue weighted by atomic mass is 35.5. The summed E-state index contributed by atoms with van der Waals surface area (Å²) >= 11 is 5.53. The average molecular weight is 136 g/mol. The third-order valence-corrected chi connectivity index (χ3v) is 1.31. The van der Waals surface area contributed by atoms with E-state index in [1.165, 1.54) is 0 Å². The van der Waals surface area contributed by atoms with E-state index in [-0.39, 0.29) is 0 Å². The Balaban J connectivity index is 3.10. The van der Waals surface area contributed by atoms with Crippen LogP contribution in [0.15, 0.2) is 0 Å². The van der Waals surface area contributed by atoms with Crippen LogP contribution in [0.2, 0.25) is 0 Å². The van der Waals surface area contributed by atoms with Gasteiger partial charge in [-0.2, -0.15) is 0 Å². The van der Waals surface area contributed by atoms with Gasteiger partial charge in [0.2, 0.25) is 0 Å². The summed E-state index contributed by atoms with van der Waals surface area (Å²) in [6, 6.07) is 0.986. The van der Waals surface area contributed by atoms with Crippen molar-refractivity contribution in [2.45, 2.75) is 32.9 Å². The summed E-state index contributed by atoms with van der Waals surface area (Å²) in [5.41, 5.74) is 0. The summed E-state index contributed by atoms with van der Waals surface area (Å²) in [6.07, 6.45) is 0. The first-order valence-corrected chi connectivity index (χ1v) is 3.52. The lowest BCUT2D eigenvalue weighted by Crippen LogP contribution is -2.33. The highest BCUT2D eigenvalue weighted by molar-refractivity contribution is 6.18. The number of nitrogens with one attached hydrogen (secondary N) is 1. The number of hydrogen-bond acceptors (Lipinski definition) is 1. The molecule has 0 spiro atoms. The zero-order chi connectivity index (χ0) is 6.57. The standard InChI is InChI=1S/C6H14ClN/c1-5(2)8-6(3)4-7/h5-6,8H,4H2,1-3H3. The fourth-order valence-corrected chi connectivity index (χ4v) is 0.703. The van der Waals surface area contributed by atoms with E-state index in [9.17, 15) is 0 Å². The van der Waals surface area contributed by atoms with Crippen molar-refractivity contribution < 1.29 is 0 Å². The first-order chi connectivity index (χ1) is 3.66. The van der Waals surface area contributed by atoms with Crippen molar-refractivity contribution in [1.82, 2.24) is 5.32 Å². The van der Waals surface area contributed by atoms with Crippen LogP contribution in [0.5, 0.6) is 0 Å². The largest absolute Gasteiger partial charge is 0.311 e. The number of alkyl halides is 1. The smallest absolute Gasteiger partial charge is 0.0374 e. The molecule has 1 N–H and O–H groups in total. The predicted octanol–water partition coefficient (Wildman–Crippen LogP) is 1.61. The summed E-state index contributed by atoms with van der Waals surface area (Å²) < 4.78 is 0. The monoisotopic (exact) mass is 135 g/mol. The molecule has 0 aliphatic carbocycles. The van der Waals surface area contributed by atoms with Crippen molar-refractivity contribution in [1.29, 1.82) is 0 Å². The average Bonchev–Trinajstić information content (AvgIpc) is 1.65. The normalized spacial score (nSPS) is 14.6. The summed E-state index contributed by atoms with van der Waals surface area (Å²) in [7, 11) is 0. The Morgan fingerprint density at radius 3 is 2.00 bits per heavy atom. The van der Waals surface area contributed by atoms with Gasteiger partial charge in [-0.15, -0.1) is 11.6 Å². The van der Waals surface area contributed by atoms with Gasteiger partial charge in [-0.05, 0) is 6.92 Å². The molecule has 0 saturated heterocycles. The fourth-order valence-electron chi connectivity index (χ4n) is 0.614. The predicted molar refractivity (Wildman–Crippen MR) is 38.5 cm³/mol. The summed E-state index contributed by atoms with van der Waals surface area (Å²) in [6.45, 7) is 6.30. The van der Waals surface area contributed by atoms with Crippen molar-refractivity contribution >= 4 is 11.6 Å². The highest BCUT2D eigenvalue weighted by Crippen LogP contribution is 1.87. The van der Waals surface area contributed by atoms with Gasteiger partial charge in [0, 0.05) is 18.0 Å². The van der Waals surface area contributed by atoms with E-state index in [2.05, 4.69) is 26.1 Å². The summed E-state index contributed by atoms with van der Waals surface area (Å²) in [5, 5.41) is 3.26. The van der Waals surface area contributed by atoms with Crippen LogP contribution in [0.3, 0.4) is 0 Å². The van der Waals surface area contributed by atoms with Crippen LogP contribution < -0.4 is 5.32 Å². The summed E-state index contributed by atoms with van der Waals surface area (Å²) in [4.78, 5) is 0. The molecule has 0 aromatic heterocycles. The maximum Gasteiger partial charge on any atom is 0.0374 e. The zero-order valence-electron chi connectivity index (χ0n) is 5.74. The van der Waals surface area contributed by atoms with E-state index in [0.717, 1.165) is 0 Å². The lowest BCUT2D eigenvalue weighted by atomic mass is 10.3. The Kier molecular flexibility index (Phi) is 4.29. The molecular formula is C6H14ClN. The van der Waals surface area contributed by atoms with Crippen LogP contribution in [0.1, 0.15) is 20.8 Å². The van der Waals surface area contributed by atoms with E-state index in [0.29, 0.717) is 18.0 Å². The third-order valence-electron chi connectivity index (χ3n) is 0.849. The molecule has 0 aliphatic rings. The molecule has 0 fully saturated rings. The number of hydrogen-bond donors (Lipinski definition) is 1. The van der Waals surface area contributed by atoms with Crippen molar-refractivity contribution in [2.24, 2.45) is 0 Å². The van der Waals surface area contributed by atoms with Gasteiger partial charge in [0.05, 0.1) is 0 Å². The molecule has 8 heavy (non-hydrogen) atoms. The van der Waals surface area contributed by atoms with Gasteiger partial charge in [-0.3, -0.25) is 0 Å². The quantitative estimate of drug-likeness (QED) is 0.580. The van der Waals surface area contributed by atoms with Gasteiger partial charge < -0.3 is 5.32 Å². The van der Waals surface area contributed by atoms with E-state index in [1.54, 1.807) is 0 Å². The minimum Gasteiger partial charge on any atom is -0.311 e. The van der Waals surface area contributed by atoms with Crippen LogP contribution in [0.4, 0.5) is 0 Å². The summed E-state index contributed by atoms with van der Waals surface area (Å²) in [5.74, 6) is 0.693. The van der Waals surface area contributed by atoms with Crippen LogP contribution in [0.25, 0.3) is 0 Å². The van der Waals surface area contributed by atoms with E-state index in [1.807, 2.05) is 0 Å². The number of halogens is 1. The highest BCUT2D eigenvalue weighted by Gasteiger charge is 1.98. The van der Waals surface area contributed by atoms with Gasteiger partial charge in [0.15, 0.2) is 0 Å². The van der Waals surface area contributed by atoms with Crippen molar-refractivity contribution in [3.05, 3.63) is 0 Å². The van der Waals surface area contributed by atoms with E-state index < -0.39 is 0 Å². The Morgan fingerprint density at radius 2 is 1.88 bits per heavy atom. The van der Waals surface area contributed by atoms with Gasteiger partial charge in [0.25, 0.3) is 0 Å². The first-order valence-electron chi connectivity index (χ1n) is 2.98. The second-order valence-electron chi connectivity index (χ2n) is 2.38. The molecule has 0 aromatic rings. The number of rotatable bonds is 3. The van der Waals surface area contributed by atoms with E-state index >= 15 is 0 Å². The molecule has 0 amide bonds. The minimum atomic E-state index is 0.441. The zero-order valence-corrected chi connectivity index (χ0v) is 6.50. The molecule has 1 nitrogen and oxygen atoms in total. The Labute approximate surface area is 56.4 Å². The SMILES string of the molecule is CC(C)NC(C)CCl. The molecule has 0 saturated carbocycles. The lowest BCUT2D eigenvalue weighted by Gasteiger charge is -2.12. The third kappa shape index (κ3) is 4.41. The molecule has 0 aliphatic heterocycles. The molecule has 0 radical (unpaired) electrons. The van der Waals surface area contributed by atoms with Gasteiger partial charge in [0.1, 0.15) is 0 Å². The second kappa shape index (κ2) is 4.16. The fraction of sp³-hybridized carbons (Fsp3) is 1.00. The topological polar surface area (TPSA) is 12.0 Å². The molecule has 50 valence electrons. The molecule has 0 aromatic carbocycles. The molecule has 1 unspecified atom stereocenters. The van der Waals surface area contributed by atoms with Crippen LogP contribution in [-0.4, -0.2) is 18.0 Å². The molecule has 1 atom stereocenters. The first kappa shape index (κ1) is 8.25. The van der Waals surface area contributed by atoms with Gasteiger partial charge in [-0.1, -0.05) is 13.8 Å². The molecule has 2 heteroatoms. The van der Waals surface area contributed by atoms with Gasteiger partial charge in [-0.25, -0.2) is 0 Å². The molecule has 0 heterocycles.